The van der Waals surface area contributed by atoms with Gasteiger partial charge in [-0.25, -0.2) is 4.39 Å². The number of nitrogens with zero attached hydrogens (tertiary/aromatic N) is 2. The molecule has 1 atom stereocenters. The summed E-state index contributed by atoms with van der Waals surface area (Å²) in [6.07, 6.45) is 8.19. The Morgan fingerprint density at radius 1 is 1.28 bits per heavy atom. The molecule has 0 spiro atoms. The molecule has 1 saturated heterocycles. The lowest BCUT2D eigenvalue weighted by Crippen LogP contribution is -2.44. The van der Waals surface area contributed by atoms with Crippen molar-refractivity contribution in [2.45, 2.75) is 37.8 Å². The molecule has 2 aliphatic rings. The Balaban J connectivity index is 1.60. The Morgan fingerprint density at radius 3 is 2.48 bits per heavy atom. The van der Waals surface area contributed by atoms with E-state index in [9.17, 15) is 14.3 Å². The lowest BCUT2D eigenvalue weighted by atomic mass is 9.94. The van der Waals surface area contributed by atoms with Gasteiger partial charge in [-0.15, -0.1) is 6.42 Å². The molecule has 0 aromatic heterocycles. The molecule has 134 valence electrons. The molecule has 5 heteroatoms. The molecule has 1 aliphatic carbocycles. The summed E-state index contributed by atoms with van der Waals surface area (Å²) in [6.45, 7) is 2.61. The molecule has 4 nitrogen and oxygen atoms in total. The van der Waals surface area contributed by atoms with Crippen LogP contribution in [0.2, 0.25) is 0 Å². The predicted molar refractivity (Wildman–Crippen MR) is 94.1 cm³/mol. The number of hydrogen-bond acceptors (Lipinski definition) is 3. The summed E-state index contributed by atoms with van der Waals surface area (Å²) in [5, 5.41) is 10.5. The van der Waals surface area contributed by atoms with E-state index < -0.39 is 6.10 Å². The highest BCUT2D eigenvalue weighted by molar-refractivity contribution is 5.79. The third kappa shape index (κ3) is 4.59. The van der Waals surface area contributed by atoms with Crippen molar-refractivity contribution in [1.82, 2.24) is 9.80 Å². The smallest absolute Gasteiger partial charge is 0.226 e. The minimum absolute atomic E-state index is 0.00930. The van der Waals surface area contributed by atoms with Crippen LogP contribution in [0.15, 0.2) is 24.3 Å². The maximum absolute atomic E-state index is 13.0. The standard InChI is InChI=1S/C20H25FN2O2/c1-2-11-22-12-9-16(10-13-22)20(25)23(18-7-8-18)14-19(24)15-3-5-17(21)6-4-15/h1,3-6,16,18-19,24H,7-14H2. The van der Waals surface area contributed by atoms with Gasteiger partial charge in [0.2, 0.25) is 5.91 Å². The van der Waals surface area contributed by atoms with Crippen molar-refractivity contribution in [3.05, 3.63) is 35.6 Å². The normalized spacial score (nSPS) is 20.0. The second-order valence-electron chi connectivity index (χ2n) is 7.04. The van der Waals surface area contributed by atoms with E-state index in [1.165, 1.54) is 12.1 Å². The molecule has 0 radical (unpaired) electrons. The number of carbonyl (C=O) groups excluding carboxylic acids is 1. The minimum atomic E-state index is -0.785. The van der Waals surface area contributed by atoms with Gasteiger partial charge in [-0.05, 0) is 56.5 Å². The SMILES string of the molecule is C#CCN1CCC(C(=O)N(CC(O)c2ccc(F)cc2)C2CC2)CC1. The molecule has 0 bridgehead atoms. The minimum Gasteiger partial charge on any atom is -0.387 e. The Kier molecular flexibility index (Phi) is 5.72. The zero-order chi connectivity index (χ0) is 17.8. The maximum atomic E-state index is 13.0. The molecule has 1 unspecified atom stereocenters. The first-order valence-corrected chi connectivity index (χ1v) is 8.98. The number of rotatable bonds is 6. The van der Waals surface area contributed by atoms with Crippen LogP contribution in [0.3, 0.4) is 0 Å². The number of likely N-dealkylation sites (tertiary alicyclic amines) is 1. The molecule has 1 saturated carbocycles. The zero-order valence-electron chi connectivity index (χ0n) is 14.4. The number of piperidine rings is 1. The summed E-state index contributed by atoms with van der Waals surface area (Å²) in [5.41, 5.74) is 0.642. The highest BCUT2D eigenvalue weighted by Crippen LogP contribution is 2.32. The van der Waals surface area contributed by atoms with Crippen LogP contribution in [0.1, 0.15) is 37.4 Å². The van der Waals surface area contributed by atoms with Gasteiger partial charge in [0.15, 0.2) is 0 Å². The monoisotopic (exact) mass is 344 g/mol. The quantitative estimate of drug-likeness (QED) is 0.805. The molecule has 1 aliphatic heterocycles. The molecule has 1 aromatic rings. The van der Waals surface area contributed by atoms with Gasteiger partial charge in [0.1, 0.15) is 5.82 Å². The number of benzene rings is 1. The number of halogens is 1. The first-order valence-electron chi connectivity index (χ1n) is 8.98. The summed E-state index contributed by atoms with van der Waals surface area (Å²) in [7, 11) is 0. The molecule has 1 heterocycles. The first kappa shape index (κ1) is 17.9. The zero-order valence-corrected chi connectivity index (χ0v) is 14.4. The van der Waals surface area contributed by atoms with Crippen molar-refractivity contribution in [3.8, 4) is 12.3 Å². The van der Waals surface area contributed by atoms with Crippen molar-refractivity contribution < 1.29 is 14.3 Å². The van der Waals surface area contributed by atoms with Gasteiger partial charge in [0.05, 0.1) is 19.2 Å². The molecular weight excluding hydrogens is 319 g/mol. The Morgan fingerprint density at radius 2 is 1.92 bits per heavy atom. The molecule has 1 N–H and O–H groups in total. The second kappa shape index (κ2) is 7.99. The molecule has 2 fully saturated rings. The predicted octanol–water partition coefficient (Wildman–Crippen LogP) is 2.20. The molecule has 3 rings (SSSR count). The summed E-state index contributed by atoms with van der Waals surface area (Å²) in [4.78, 5) is 17.0. The average molecular weight is 344 g/mol. The number of terminal acetylenes is 1. The lowest BCUT2D eigenvalue weighted by molar-refractivity contribution is -0.139. The fourth-order valence-electron chi connectivity index (χ4n) is 3.48. The van der Waals surface area contributed by atoms with E-state index in [2.05, 4.69) is 10.8 Å². The number of carbonyl (C=O) groups is 1. The number of hydrogen-bond donors (Lipinski definition) is 1. The molecule has 25 heavy (non-hydrogen) atoms. The second-order valence-corrected chi connectivity index (χ2v) is 7.04. The molecule has 1 aromatic carbocycles. The summed E-state index contributed by atoms with van der Waals surface area (Å²) in [6, 6.07) is 6.07. The molecule has 1 amide bonds. The molecular formula is C20H25FN2O2. The Labute approximate surface area is 148 Å². The van der Waals surface area contributed by atoms with Gasteiger partial charge in [-0.2, -0.15) is 0 Å². The van der Waals surface area contributed by atoms with Crippen molar-refractivity contribution in [2.24, 2.45) is 5.92 Å². The van der Waals surface area contributed by atoms with E-state index in [1.54, 1.807) is 12.1 Å². The number of amides is 1. The van der Waals surface area contributed by atoms with Crippen molar-refractivity contribution >= 4 is 5.91 Å². The van der Waals surface area contributed by atoms with Gasteiger partial charge in [-0.1, -0.05) is 18.1 Å². The van der Waals surface area contributed by atoms with Crippen LogP contribution < -0.4 is 0 Å². The van der Waals surface area contributed by atoms with Crippen LogP contribution in [0.25, 0.3) is 0 Å². The van der Waals surface area contributed by atoms with Crippen LogP contribution in [0, 0.1) is 24.1 Å². The van der Waals surface area contributed by atoms with Crippen molar-refractivity contribution in [3.63, 3.8) is 0 Å². The van der Waals surface area contributed by atoms with E-state index in [4.69, 9.17) is 6.42 Å². The van der Waals surface area contributed by atoms with E-state index in [0.29, 0.717) is 12.1 Å². The Hall–Kier alpha value is -1.90. The first-order chi connectivity index (χ1) is 12.1. The maximum Gasteiger partial charge on any atom is 0.226 e. The van der Waals surface area contributed by atoms with Crippen molar-refractivity contribution in [2.75, 3.05) is 26.2 Å². The average Bonchev–Trinajstić information content (AvgIpc) is 3.45. The summed E-state index contributed by atoms with van der Waals surface area (Å²) >= 11 is 0. The van der Waals surface area contributed by atoms with E-state index in [1.807, 2.05) is 4.90 Å². The van der Waals surface area contributed by atoms with Crippen LogP contribution in [-0.4, -0.2) is 53.0 Å². The Bertz CT molecular complexity index is 628. The highest BCUT2D eigenvalue weighted by atomic mass is 19.1. The van der Waals surface area contributed by atoms with E-state index >= 15 is 0 Å². The van der Waals surface area contributed by atoms with Crippen LogP contribution in [-0.2, 0) is 4.79 Å². The largest absolute Gasteiger partial charge is 0.387 e. The third-order valence-electron chi connectivity index (χ3n) is 5.15. The fraction of sp³-hybridized carbons (Fsp3) is 0.550. The van der Waals surface area contributed by atoms with Crippen molar-refractivity contribution in [1.29, 1.82) is 0 Å². The van der Waals surface area contributed by atoms with Crippen LogP contribution >= 0.6 is 0 Å². The van der Waals surface area contributed by atoms with Gasteiger partial charge in [0.25, 0.3) is 0 Å². The van der Waals surface area contributed by atoms with Gasteiger partial charge >= 0.3 is 0 Å². The van der Waals surface area contributed by atoms with E-state index in [0.717, 1.165) is 38.8 Å². The third-order valence-corrected chi connectivity index (χ3v) is 5.15. The number of aliphatic hydroxyl groups is 1. The summed E-state index contributed by atoms with van der Waals surface area (Å²) < 4.78 is 13.0. The highest BCUT2D eigenvalue weighted by Gasteiger charge is 2.37. The topological polar surface area (TPSA) is 43.8 Å². The number of aliphatic hydroxyl groups excluding tert-OH is 1. The van der Waals surface area contributed by atoms with Crippen LogP contribution in [0.4, 0.5) is 4.39 Å². The van der Waals surface area contributed by atoms with Gasteiger partial charge in [0, 0.05) is 12.0 Å². The fourth-order valence-corrected chi connectivity index (χ4v) is 3.48. The van der Waals surface area contributed by atoms with Gasteiger partial charge in [-0.3, -0.25) is 9.69 Å². The van der Waals surface area contributed by atoms with Crippen LogP contribution in [0.5, 0.6) is 0 Å². The summed E-state index contributed by atoms with van der Waals surface area (Å²) in [5.74, 6) is 2.47. The van der Waals surface area contributed by atoms with Gasteiger partial charge < -0.3 is 10.0 Å². The van der Waals surface area contributed by atoms with E-state index in [-0.39, 0.29) is 30.2 Å². The lowest BCUT2D eigenvalue weighted by Gasteiger charge is -2.34.